The van der Waals surface area contributed by atoms with Crippen molar-refractivity contribution < 1.29 is 4.74 Å². The van der Waals surface area contributed by atoms with Crippen molar-refractivity contribution in [3.8, 4) is 5.75 Å². The molecule has 1 atom stereocenters. The Morgan fingerprint density at radius 1 is 1.37 bits per heavy atom. The molecule has 3 nitrogen and oxygen atoms in total. The third-order valence-electron chi connectivity index (χ3n) is 3.09. The number of nitrogens with one attached hydrogen (secondary N) is 1. The number of hydrogen-bond acceptors (Lipinski definition) is 3. The van der Waals surface area contributed by atoms with Crippen molar-refractivity contribution >= 4 is 15.9 Å². The van der Waals surface area contributed by atoms with Crippen LogP contribution in [0.1, 0.15) is 17.2 Å². The molecule has 2 rings (SSSR count). The van der Waals surface area contributed by atoms with Gasteiger partial charge in [0.15, 0.2) is 0 Å². The monoisotopic (exact) mass is 320 g/mol. The van der Waals surface area contributed by atoms with Gasteiger partial charge in [0.1, 0.15) is 5.75 Å². The Kier molecular flexibility index (Phi) is 4.93. The number of halogens is 1. The van der Waals surface area contributed by atoms with Crippen LogP contribution in [0.5, 0.6) is 5.75 Å². The molecular formula is C15H17BrN2O. The summed E-state index contributed by atoms with van der Waals surface area (Å²) in [6.07, 6.45) is 4.44. The van der Waals surface area contributed by atoms with Gasteiger partial charge in [-0.1, -0.05) is 28.1 Å². The smallest absolute Gasteiger partial charge is 0.141 e. The Morgan fingerprint density at radius 2 is 2.21 bits per heavy atom. The van der Waals surface area contributed by atoms with Crippen molar-refractivity contribution in [1.82, 2.24) is 10.3 Å². The number of aromatic nitrogens is 1. The second-order valence-corrected chi connectivity index (χ2v) is 5.21. The van der Waals surface area contributed by atoms with E-state index in [1.54, 1.807) is 19.5 Å². The molecule has 0 amide bonds. The van der Waals surface area contributed by atoms with E-state index in [0.29, 0.717) is 0 Å². The summed E-state index contributed by atoms with van der Waals surface area (Å²) < 4.78 is 6.48. The molecule has 1 unspecified atom stereocenters. The molecular weight excluding hydrogens is 304 g/mol. The number of methoxy groups -OCH3 is 1. The van der Waals surface area contributed by atoms with Crippen molar-refractivity contribution in [3.05, 3.63) is 58.3 Å². The topological polar surface area (TPSA) is 34.2 Å². The molecule has 4 heteroatoms. The van der Waals surface area contributed by atoms with Gasteiger partial charge in [-0.05, 0) is 37.2 Å². The molecule has 1 heterocycles. The second kappa shape index (κ2) is 6.68. The molecule has 0 saturated heterocycles. The van der Waals surface area contributed by atoms with Crippen molar-refractivity contribution in [2.75, 3.05) is 14.2 Å². The molecule has 0 fully saturated rings. The standard InChI is InChI=1S/C15H17BrN2O/c1-17-14(9-11-4-3-5-12(16)8-11)13-6-7-18-10-15(13)19-2/h3-8,10,14,17H,9H2,1-2H3. The highest BCUT2D eigenvalue weighted by atomic mass is 79.9. The SMILES string of the molecule is CNC(Cc1cccc(Br)c1)c1ccncc1OC. The average molecular weight is 321 g/mol. The highest BCUT2D eigenvalue weighted by Gasteiger charge is 2.14. The number of ether oxygens (including phenoxy) is 1. The predicted molar refractivity (Wildman–Crippen MR) is 80.4 cm³/mol. The minimum Gasteiger partial charge on any atom is -0.495 e. The van der Waals surface area contributed by atoms with Crippen LogP contribution in [-0.4, -0.2) is 19.1 Å². The Balaban J connectivity index is 2.25. The van der Waals surface area contributed by atoms with Crippen LogP contribution in [0.25, 0.3) is 0 Å². The van der Waals surface area contributed by atoms with Crippen molar-refractivity contribution in [2.45, 2.75) is 12.5 Å². The van der Waals surface area contributed by atoms with Crippen LogP contribution >= 0.6 is 15.9 Å². The summed E-state index contributed by atoms with van der Waals surface area (Å²) in [7, 11) is 3.63. The third-order valence-corrected chi connectivity index (χ3v) is 3.58. The lowest BCUT2D eigenvalue weighted by Gasteiger charge is -2.19. The quantitative estimate of drug-likeness (QED) is 0.917. The van der Waals surface area contributed by atoms with Gasteiger partial charge >= 0.3 is 0 Å². The van der Waals surface area contributed by atoms with Crippen LogP contribution in [0.15, 0.2) is 47.2 Å². The van der Waals surface area contributed by atoms with Crippen LogP contribution < -0.4 is 10.1 Å². The molecule has 19 heavy (non-hydrogen) atoms. The molecule has 0 aliphatic rings. The molecule has 0 radical (unpaired) electrons. The van der Waals surface area contributed by atoms with Gasteiger partial charge in [-0.3, -0.25) is 4.98 Å². The summed E-state index contributed by atoms with van der Waals surface area (Å²) in [6.45, 7) is 0. The van der Waals surface area contributed by atoms with E-state index in [0.717, 1.165) is 22.2 Å². The van der Waals surface area contributed by atoms with E-state index in [2.05, 4.69) is 44.4 Å². The van der Waals surface area contributed by atoms with E-state index < -0.39 is 0 Å². The van der Waals surface area contributed by atoms with Gasteiger partial charge in [-0.15, -0.1) is 0 Å². The van der Waals surface area contributed by atoms with Crippen molar-refractivity contribution in [2.24, 2.45) is 0 Å². The first-order valence-electron chi connectivity index (χ1n) is 6.14. The van der Waals surface area contributed by atoms with Crippen LogP contribution in [-0.2, 0) is 6.42 Å². The van der Waals surface area contributed by atoms with Gasteiger partial charge in [0.05, 0.1) is 13.3 Å². The van der Waals surface area contributed by atoms with Gasteiger partial charge in [0.2, 0.25) is 0 Å². The van der Waals surface area contributed by atoms with E-state index in [9.17, 15) is 0 Å². The Labute approximate surface area is 122 Å². The van der Waals surface area contributed by atoms with E-state index in [4.69, 9.17) is 4.74 Å². The average Bonchev–Trinajstić information content (AvgIpc) is 2.45. The number of rotatable bonds is 5. The third kappa shape index (κ3) is 3.55. The number of hydrogen-bond donors (Lipinski definition) is 1. The maximum absolute atomic E-state index is 5.38. The lowest BCUT2D eigenvalue weighted by atomic mass is 9.99. The summed E-state index contributed by atoms with van der Waals surface area (Å²) in [5.41, 5.74) is 2.40. The summed E-state index contributed by atoms with van der Waals surface area (Å²) in [5.74, 6) is 0.817. The Bertz CT molecular complexity index is 545. The van der Waals surface area contributed by atoms with Gasteiger partial charge in [-0.25, -0.2) is 0 Å². The lowest BCUT2D eigenvalue weighted by molar-refractivity contribution is 0.399. The normalized spacial score (nSPS) is 12.2. The first-order chi connectivity index (χ1) is 9.24. The van der Waals surface area contributed by atoms with E-state index in [1.807, 2.05) is 19.2 Å². The maximum Gasteiger partial charge on any atom is 0.141 e. The fourth-order valence-corrected chi connectivity index (χ4v) is 2.56. The molecule has 2 aromatic rings. The van der Waals surface area contributed by atoms with Gasteiger partial charge in [0.25, 0.3) is 0 Å². The Hall–Kier alpha value is -1.39. The van der Waals surface area contributed by atoms with E-state index in [-0.39, 0.29) is 6.04 Å². The fourth-order valence-electron chi connectivity index (χ4n) is 2.12. The van der Waals surface area contributed by atoms with Crippen LogP contribution in [0.2, 0.25) is 0 Å². The molecule has 0 aliphatic carbocycles. The fraction of sp³-hybridized carbons (Fsp3) is 0.267. The number of nitrogens with zero attached hydrogens (tertiary/aromatic N) is 1. The summed E-state index contributed by atoms with van der Waals surface area (Å²) in [5, 5.41) is 3.34. The lowest BCUT2D eigenvalue weighted by Crippen LogP contribution is -2.19. The molecule has 1 aromatic carbocycles. The zero-order valence-corrected chi connectivity index (χ0v) is 12.6. The number of likely N-dealkylation sites (N-methyl/N-ethyl adjacent to an activating group) is 1. The summed E-state index contributed by atoms with van der Waals surface area (Å²) in [6, 6.07) is 10.5. The maximum atomic E-state index is 5.38. The summed E-state index contributed by atoms with van der Waals surface area (Å²) in [4.78, 5) is 4.09. The zero-order valence-electron chi connectivity index (χ0n) is 11.1. The largest absolute Gasteiger partial charge is 0.495 e. The minimum atomic E-state index is 0.201. The molecule has 1 aromatic heterocycles. The molecule has 0 spiro atoms. The van der Waals surface area contributed by atoms with Gasteiger partial charge in [-0.2, -0.15) is 0 Å². The molecule has 100 valence electrons. The summed E-state index contributed by atoms with van der Waals surface area (Å²) >= 11 is 3.50. The van der Waals surface area contributed by atoms with E-state index in [1.165, 1.54) is 5.56 Å². The van der Waals surface area contributed by atoms with Gasteiger partial charge < -0.3 is 10.1 Å². The number of pyridine rings is 1. The van der Waals surface area contributed by atoms with Crippen molar-refractivity contribution in [3.63, 3.8) is 0 Å². The highest BCUT2D eigenvalue weighted by Crippen LogP contribution is 2.27. The first kappa shape index (κ1) is 14.0. The molecule has 1 N–H and O–H groups in total. The highest BCUT2D eigenvalue weighted by molar-refractivity contribution is 9.10. The second-order valence-electron chi connectivity index (χ2n) is 4.29. The molecule has 0 bridgehead atoms. The first-order valence-corrected chi connectivity index (χ1v) is 6.93. The van der Waals surface area contributed by atoms with Gasteiger partial charge in [0, 0.05) is 22.3 Å². The predicted octanol–water partition coefficient (Wildman–Crippen LogP) is 3.36. The van der Waals surface area contributed by atoms with Crippen molar-refractivity contribution in [1.29, 1.82) is 0 Å². The molecule has 0 saturated carbocycles. The molecule has 0 aliphatic heterocycles. The van der Waals surface area contributed by atoms with Crippen LogP contribution in [0, 0.1) is 0 Å². The number of benzene rings is 1. The van der Waals surface area contributed by atoms with Crippen LogP contribution in [0.3, 0.4) is 0 Å². The zero-order chi connectivity index (χ0) is 13.7. The Morgan fingerprint density at radius 3 is 2.89 bits per heavy atom. The van der Waals surface area contributed by atoms with E-state index >= 15 is 0 Å². The minimum absolute atomic E-state index is 0.201. The van der Waals surface area contributed by atoms with Crippen LogP contribution in [0.4, 0.5) is 0 Å².